The van der Waals surface area contributed by atoms with E-state index in [1.807, 2.05) is 0 Å². The van der Waals surface area contributed by atoms with E-state index in [9.17, 15) is 8.78 Å². The van der Waals surface area contributed by atoms with E-state index < -0.39 is 11.6 Å². The Kier molecular flexibility index (Phi) is 3.28. The minimum absolute atomic E-state index is 0.281. The molecule has 1 N–H and O–H groups in total. The van der Waals surface area contributed by atoms with Gasteiger partial charge in [0.25, 0.3) is 0 Å². The topological polar surface area (TPSA) is 53.6 Å². The van der Waals surface area contributed by atoms with Crippen LogP contribution in [0.2, 0.25) is 0 Å². The fourth-order valence-corrected chi connectivity index (χ4v) is 2.94. The lowest BCUT2D eigenvalue weighted by Gasteiger charge is -2.06. The van der Waals surface area contributed by atoms with Gasteiger partial charge in [0.15, 0.2) is 0 Å². The molecule has 4 nitrogen and oxygen atoms in total. The number of nitrogens with one attached hydrogen (secondary N) is 1. The number of anilines is 1. The smallest absolute Gasteiger partial charge is 0.135 e. The van der Waals surface area contributed by atoms with E-state index in [0.29, 0.717) is 11.3 Å². The van der Waals surface area contributed by atoms with Crippen molar-refractivity contribution in [2.24, 2.45) is 0 Å². The second-order valence-electron chi connectivity index (χ2n) is 5.55. The van der Waals surface area contributed by atoms with E-state index in [2.05, 4.69) is 16.5 Å². The Bertz CT molecular complexity index is 968. The molecule has 1 aromatic heterocycles. The van der Waals surface area contributed by atoms with Crippen LogP contribution in [0.5, 0.6) is 0 Å². The summed E-state index contributed by atoms with van der Waals surface area (Å²) in [6, 6.07) is 12.6. The Morgan fingerprint density at radius 1 is 1.12 bits per heavy atom. The average Bonchev–Trinajstić information content (AvgIpc) is 3.18. The summed E-state index contributed by atoms with van der Waals surface area (Å²) in [6.45, 7) is 0.735. The van der Waals surface area contributed by atoms with Gasteiger partial charge >= 0.3 is 0 Å². The number of hydrogen-bond acceptors (Lipinski definition) is 3. The van der Waals surface area contributed by atoms with Gasteiger partial charge in [0.1, 0.15) is 23.1 Å². The lowest BCUT2D eigenvalue weighted by molar-refractivity contribution is 0.585. The van der Waals surface area contributed by atoms with Crippen LogP contribution in [0.25, 0.3) is 16.9 Å². The van der Waals surface area contributed by atoms with Gasteiger partial charge < -0.3 is 5.32 Å². The van der Waals surface area contributed by atoms with Gasteiger partial charge in [-0.25, -0.2) is 13.5 Å². The summed E-state index contributed by atoms with van der Waals surface area (Å²) in [4.78, 5) is 0. The van der Waals surface area contributed by atoms with Crippen molar-refractivity contribution in [3.8, 4) is 23.0 Å². The number of benzene rings is 2. The van der Waals surface area contributed by atoms with E-state index in [1.165, 1.54) is 12.1 Å². The molecule has 118 valence electrons. The normalized spacial score (nSPS) is 12.5. The third-order valence-corrected chi connectivity index (χ3v) is 4.08. The number of fused-ring (bicyclic) bond motifs is 1. The van der Waals surface area contributed by atoms with Crippen LogP contribution in [0.4, 0.5) is 14.6 Å². The summed E-state index contributed by atoms with van der Waals surface area (Å²) >= 11 is 0. The van der Waals surface area contributed by atoms with Gasteiger partial charge in [-0.3, -0.25) is 0 Å². The van der Waals surface area contributed by atoms with Gasteiger partial charge in [-0.2, -0.15) is 10.4 Å². The molecule has 0 atom stereocenters. The first-order valence-electron chi connectivity index (χ1n) is 7.49. The molecule has 0 saturated heterocycles. The van der Waals surface area contributed by atoms with Crippen LogP contribution in [-0.4, -0.2) is 16.3 Å². The van der Waals surface area contributed by atoms with Crippen LogP contribution in [0.15, 0.2) is 42.5 Å². The summed E-state index contributed by atoms with van der Waals surface area (Å²) in [5, 5.41) is 16.7. The SMILES string of the molecule is N#Cc1ccc(-n2nc(-c3ccc(F)cc3F)c3c2NCC3)cc1. The zero-order valence-corrected chi connectivity index (χ0v) is 12.6. The lowest BCUT2D eigenvalue weighted by atomic mass is 10.1. The van der Waals surface area contributed by atoms with E-state index in [-0.39, 0.29) is 5.56 Å². The maximum absolute atomic E-state index is 14.2. The Morgan fingerprint density at radius 3 is 2.62 bits per heavy atom. The molecule has 1 aliphatic rings. The first-order chi connectivity index (χ1) is 11.7. The fraction of sp³-hybridized carbons (Fsp3) is 0.111. The standard InChI is InChI=1S/C18H12F2N4/c19-12-3-6-14(16(20)9-12)17-15-7-8-22-18(15)24(23-17)13-4-1-11(10-21)2-5-13/h1-6,9,22H,7-8H2. The van der Waals surface area contributed by atoms with Gasteiger partial charge in [-0.15, -0.1) is 0 Å². The molecule has 3 aromatic rings. The van der Waals surface area contributed by atoms with Crippen LogP contribution in [0, 0.1) is 23.0 Å². The first-order valence-corrected chi connectivity index (χ1v) is 7.49. The Balaban J connectivity index is 1.87. The predicted octanol–water partition coefficient (Wildman–Crippen LogP) is 3.66. The number of nitriles is 1. The molecule has 1 aliphatic heterocycles. The van der Waals surface area contributed by atoms with Crippen molar-refractivity contribution in [2.75, 3.05) is 11.9 Å². The van der Waals surface area contributed by atoms with Gasteiger partial charge in [0, 0.05) is 23.7 Å². The second-order valence-corrected chi connectivity index (χ2v) is 5.55. The fourth-order valence-electron chi connectivity index (χ4n) is 2.94. The third kappa shape index (κ3) is 2.22. The van der Waals surface area contributed by atoms with E-state index in [0.717, 1.165) is 36.1 Å². The second kappa shape index (κ2) is 5.46. The molecule has 6 heteroatoms. The molecule has 0 fully saturated rings. The third-order valence-electron chi connectivity index (χ3n) is 4.08. The summed E-state index contributed by atoms with van der Waals surface area (Å²) in [7, 11) is 0. The Morgan fingerprint density at radius 2 is 1.92 bits per heavy atom. The lowest BCUT2D eigenvalue weighted by Crippen LogP contribution is -2.04. The van der Waals surface area contributed by atoms with E-state index in [4.69, 9.17) is 5.26 Å². The molecule has 0 bridgehead atoms. The molecule has 24 heavy (non-hydrogen) atoms. The zero-order chi connectivity index (χ0) is 16.7. The summed E-state index contributed by atoms with van der Waals surface area (Å²) in [6.07, 6.45) is 0.720. The molecule has 0 aliphatic carbocycles. The summed E-state index contributed by atoms with van der Waals surface area (Å²) in [5.74, 6) is -0.440. The highest BCUT2D eigenvalue weighted by atomic mass is 19.1. The van der Waals surface area contributed by atoms with Gasteiger partial charge in [0.05, 0.1) is 17.3 Å². The minimum Gasteiger partial charge on any atom is -0.369 e. The van der Waals surface area contributed by atoms with Crippen LogP contribution in [0.3, 0.4) is 0 Å². The van der Waals surface area contributed by atoms with Crippen molar-refractivity contribution in [1.29, 1.82) is 5.26 Å². The van der Waals surface area contributed by atoms with Crippen molar-refractivity contribution in [3.63, 3.8) is 0 Å². The first kappa shape index (κ1) is 14.4. The van der Waals surface area contributed by atoms with Crippen molar-refractivity contribution >= 4 is 5.82 Å². The monoisotopic (exact) mass is 322 g/mol. The summed E-state index contributed by atoms with van der Waals surface area (Å²) < 4.78 is 29.0. The molecule has 0 amide bonds. The van der Waals surface area contributed by atoms with Crippen LogP contribution in [0.1, 0.15) is 11.1 Å². The van der Waals surface area contributed by atoms with Crippen LogP contribution in [-0.2, 0) is 6.42 Å². The molecule has 0 unspecified atom stereocenters. The molecular weight excluding hydrogens is 310 g/mol. The minimum atomic E-state index is -0.630. The number of aromatic nitrogens is 2. The number of rotatable bonds is 2. The molecular formula is C18H12F2N4. The molecule has 0 radical (unpaired) electrons. The summed E-state index contributed by atoms with van der Waals surface area (Å²) in [5.41, 5.74) is 3.03. The van der Waals surface area contributed by atoms with Crippen LogP contribution < -0.4 is 5.32 Å². The quantitative estimate of drug-likeness (QED) is 0.783. The van der Waals surface area contributed by atoms with E-state index in [1.54, 1.807) is 28.9 Å². The average molecular weight is 322 g/mol. The highest BCUT2D eigenvalue weighted by Crippen LogP contribution is 2.35. The van der Waals surface area contributed by atoms with Crippen molar-refractivity contribution < 1.29 is 8.78 Å². The maximum atomic E-state index is 14.2. The molecule has 0 spiro atoms. The Hall–Kier alpha value is -3.20. The Labute approximate surface area is 137 Å². The highest BCUT2D eigenvalue weighted by molar-refractivity contribution is 5.73. The van der Waals surface area contributed by atoms with Gasteiger partial charge in [-0.05, 0) is 42.8 Å². The van der Waals surface area contributed by atoms with Crippen molar-refractivity contribution in [1.82, 2.24) is 9.78 Å². The highest BCUT2D eigenvalue weighted by Gasteiger charge is 2.25. The number of halogens is 2. The number of hydrogen-bond donors (Lipinski definition) is 1. The number of nitrogens with zero attached hydrogens (tertiary/aromatic N) is 3. The molecule has 2 heterocycles. The van der Waals surface area contributed by atoms with Gasteiger partial charge in [0.2, 0.25) is 0 Å². The predicted molar refractivity (Wildman–Crippen MR) is 85.8 cm³/mol. The van der Waals surface area contributed by atoms with Crippen molar-refractivity contribution in [2.45, 2.75) is 6.42 Å². The molecule has 4 rings (SSSR count). The largest absolute Gasteiger partial charge is 0.369 e. The molecule has 2 aromatic carbocycles. The molecule has 0 saturated carbocycles. The van der Waals surface area contributed by atoms with E-state index >= 15 is 0 Å². The van der Waals surface area contributed by atoms with Gasteiger partial charge in [-0.1, -0.05) is 0 Å². The maximum Gasteiger partial charge on any atom is 0.135 e. The zero-order valence-electron chi connectivity index (χ0n) is 12.6. The van der Waals surface area contributed by atoms with Crippen molar-refractivity contribution in [3.05, 3.63) is 65.2 Å². The van der Waals surface area contributed by atoms with Crippen LogP contribution >= 0.6 is 0 Å².